The minimum Gasteiger partial charge on any atom is -0.508 e. The van der Waals surface area contributed by atoms with Crippen molar-refractivity contribution in [3.8, 4) is 46.0 Å². The summed E-state index contributed by atoms with van der Waals surface area (Å²) < 4.78 is 23.7. The molecule has 2 atom stereocenters. The van der Waals surface area contributed by atoms with E-state index in [1.807, 2.05) is 0 Å². The smallest absolute Gasteiger partial charge is 0.204 e. The molecule has 13 heteroatoms. The third-order valence-corrected chi connectivity index (χ3v) is 7.66. The van der Waals surface area contributed by atoms with E-state index in [0.717, 1.165) is 24.3 Å². The number of ether oxygens (including phenoxy) is 2. The molecular formula is C31H22O13. The Labute approximate surface area is 244 Å². The van der Waals surface area contributed by atoms with Gasteiger partial charge in [-0.1, -0.05) is 0 Å². The minimum absolute atomic E-state index is 0.0287. The van der Waals surface area contributed by atoms with E-state index in [9.17, 15) is 45.3 Å². The summed E-state index contributed by atoms with van der Waals surface area (Å²) in [5.41, 5.74) is -4.24. The number of fused-ring (bicyclic) bond motifs is 6. The van der Waals surface area contributed by atoms with Crippen LogP contribution in [0.3, 0.4) is 0 Å². The number of aromatic hydroxyl groups is 6. The molecule has 0 fully saturated rings. The van der Waals surface area contributed by atoms with Gasteiger partial charge in [-0.15, -0.1) is 0 Å². The summed E-state index contributed by atoms with van der Waals surface area (Å²) in [7, 11) is 0. The minimum atomic E-state index is -1.63. The largest absolute Gasteiger partial charge is 0.508 e. The third kappa shape index (κ3) is 3.69. The average molecular weight is 603 g/mol. The van der Waals surface area contributed by atoms with Gasteiger partial charge < -0.3 is 54.1 Å². The molecule has 0 spiro atoms. The zero-order valence-electron chi connectivity index (χ0n) is 22.8. The molecule has 1 aliphatic rings. The van der Waals surface area contributed by atoms with Crippen molar-refractivity contribution in [1.29, 1.82) is 0 Å². The van der Waals surface area contributed by atoms with Crippen LogP contribution in [0.5, 0.6) is 46.0 Å². The zero-order chi connectivity index (χ0) is 31.4. The molecule has 4 aromatic carbocycles. The van der Waals surface area contributed by atoms with E-state index in [2.05, 4.69) is 0 Å². The van der Waals surface area contributed by atoms with Crippen LogP contribution in [0.15, 0.2) is 60.9 Å². The van der Waals surface area contributed by atoms with Crippen molar-refractivity contribution >= 4 is 43.9 Å². The summed E-state index contributed by atoms with van der Waals surface area (Å²) in [5, 5.41) is 72.9. The van der Waals surface area contributed by atoms with Crippen LogP contribution in [-0.2, 0) is 0 Å². The van der Waals surface area contributed by atoms with Crippen LogP contribution < -0.4 is 20.3 Å². The monoisotopic (exact) mass is 602 g/mol. The molecule has 0 saturated heterocycles. The predicted molar refractivity (Wildman–Crippen MR) is 154 cm³/mol. The lowest BCUT2D eigenvalue weighted by atomic mass is 9.93. The van der Waals surface area contributed by atoms with Crippen molar-refractivity contribution in [3.63, 3.8) is 0 Å². The topological polar surface area (TPSA) is 220 Å². The zero-order valence-corrected chi connectivity index (χ0v) is 22.8. The van der Waals surface area contributed by atoms with Crippen molar-refractivity contribution in [2.45, 2.75) is 31.7 Å². The van der Waals surface area contributed by atoms with Crippen LogP contribution in [0.2, 0.25) is 0 Å². The number of phenolic OH excluding ortho intramolecular Hbond substituents is 6. The fraction of sp³-hybridized carbons (Fsp3) is 0.161. The van der Waals surface area contributed by atoms with Crippen LogP contribution >= 0.6 is 0 Å². The van der Waals surface area contributed by atoms with Crippen LogP contribution in [0.4, 0.5) is 0 Å². The Bertz CT molecular complexity index is 2340. The summed E-state index contributed by atoms with van der Waals surface area (Å²) in [6, 6.07) is 8.05. The van der Waals surface area contributed by atoms with Gasteiger partial charge >= 0.3 is 0 Å². The lowest BCUT2D eigenvalue weighted by Crippen LogP contribution is -2.43. The Morgan fingerprint density at radius 2 is 1.36 bits per heavy atom. The van der Waals surface area contributed by atoms with Crippen LogP contribution in [0.1, 0.15) is 25.5 Å². The number of rotatable bonds is 3. The Balaban J connectivity index is 1.48. The SMILES string of the molecule is CC(C)(O)C1Oc2cc(O)c3c(=O)c4ccc(O)c(O)c4oc3c2C1Oc1ccc2c(=O)c3c(O)cc(O)cc3oc2c1O. The molecule has 13 nitrogen and oxygen atoms in total. The molecule has 0 aliphatic carbocycles. The molecule has 2 unspecified atom stereocenters. The Kier molecular flexibility index (Phi) is 5.44. The van der Waals surface area contributed by atoms with E-state index in [4.69, 9.17) is 18.3 Å². The number of hydrogen-bond acceptors (Lipinski definition) is 13. The molecule has 0 amide bonds. The quantitative estimate of drug-likeness (QED) is 0.112. The molecule has 2 aromatic heterocycles. The van der Waals surface area contributed by atoms with Gasteiger partial charge in [-0.3, -0.25) is 9.59 Å². The summed E-state index contributed by atoms with van der Waals surface area (Å²) >= 11 is 0. The van der Waals surface area contributed by atoms with Gasteiger partial charge in [0, 0.05) is 18.2 Å². The average Bonchev–Trinajstić information content (AvgIpc) is 3.31. The lowest BCUT2D eigenvalue weighted by Gasteiger charge is -2.30. The van der Waals surface area contributed by atoms with Crippen molar-refractivity contribution in [3.05, 3.63) is 68.5 Å². The summed E-state index contributed by atoms with van der Waals surface area (Å²) in [6.45, 7) is 2.84. The van der Waals surface area contributed by atoms with Crippen LogP contribution in [0.25, 0.3) is 43.9 Å². The number of aliphatic hydroxyl groups is 1. The van der Waals surface area contributed by atoms with Crippen LogP contribution in [-0.4, -0.2) is 47.5 Å². The molecule has 0 radical (unpaired) electrons. The second-order valence-corrected chi connectivity index (χ2v) is 11.0. The van der Waals surface area contributed by atoms with Crippen LogP contribution in [0, 0.1) is 0 Å². The van der Waals surface area contributed by atoms with Crippen molar-refractivity contribution in [2.75, 3.05) is 0 Å². The first-order valence-corrected chi connectivity index (χ1v) is 13.1. The Morgan fingerprint density at radius 3 is 2.07 bits per heavy atom. The first kappa shape index (κ1) is 27.0. The van der Waals surface area contributed by atoms with E-state index in [-0.39, 0.29) is 66.7 Å². The number of phenols is 6. The fourth-order valence-corrected chi connectivity index (χ4v) is 5.60. The van der Waals surface area contributed by atoms with E-state index < -0.39 is 57.4 Å². The first-order chi connectivity index (χ1) is 20.8. The van der Waals surface area contributed by atoms with Gasteiger partial charge in [0.05, 0.1) is 21.9 Å². The molecule has 1 aliphatic heterocycles. The van der Waals surface area contributed by atoms with Gasteiger partial charge in [0.1, 0.15) is 39.4 Å². The maximum Gasteiger partial charge on any atom is 0.204 e. The van der Waals surface area contributed by atoms with E-state index in [1.54, 1.807) is 0 Å². The highest BCUT2D eigenvalue weighted by Crippen LogP contribution is 2.51. The van der Waals surface area contributed by atoms with Gasteiger partial charge in [0.15, 0.2) is 40.5 Å². The third-order valence-electron chi connectivity index (χ3n) is 7.66. The predicted octanol–water partition coefficient (Wildman–Crippen LogP) is 4.09. The van der Waals surface area contributed by atoms with E-state index in [0.29, 0.717) is 0 Å². The van der Waals surface area contributed by atoms with Gasteiger partial charge in [-0.05, 0) is 38.1 Å². The highest BCUT2D eigenvalue weighted by Gasteiger charge is 2.48. The highest BCUT2D eigenvalue weighted by molar-refractivity contribution is 5.99. The lowest BCUT2D eigenvalue weighted by molar-refractivity contribution is -0.0693. The first-order valence-electron chi connectivity index (χ1n) is 13.1. The molecule has 6 aromatic rings. The summed E-state index contributed by atoms with van der Waals surface area (Å²) in [6.07, 6.45) is -2.56. The molecule has 0 saturated carbocycles. The van der Waals surface area contributed by atoms with Gasteiger partial charge in [0.25, 0.3) is 0 Å². The highest BCUT2D eigenvalue weighted by atomic mass is 16.6. The molecule has 224 valence electrons. The van der Waals surface area contributed by atoms with Crippen molar-refractivity contribution in [1.82, 2.24) is 0 Å². The van der Waals surface area contributed by atoms with E-state index >= 15 is 0 Å². The molecule has 7 N–H and O–H groups in total. The van der Waals surface area contributed by atoms with Crippen molar-refractivity contribution in [2.24, 2.45) is 0 Å². The molecule has 44 heavy (non-hydrogen) atoms. The Morgan fingerprint density at radius 1 is 0.727 bits per heavy atom. The Hall–Kier alpha value is -5.82. The molecule has 7 rings (SSSR count). The summed E-state index contributed by atoms with van der Waals surface area (Å²) in [4.78, 5) is 26.6. The summed E-state index contributed by atoms with van der Waals surface area (Å²) in [5.74, 6) is -3.67. The van der Waals surface area contributed by atoms with Gasteiger partial charge in [-0.2, -0.15) is 0 Å². The fourth-order valence-electron chi connectivity index (χ4n) is 5.60. The standard InChI is InChI=1S/C31H22O13/c1-31(2,40)30-29(41-16-6-4-12-22(36)19-14(34)7-10(32)8-17(19)42-27(12)25(16)39)21-18(43-30)9-15(35)20-23(37)11-3-5-13(33)24(38)26(11)44-28(20)21/h3-9,29-30,32-35,38-40H,1-2H3. The maximum absolute atomic E-state index is 13.4. The van der Waals surface area contributed by atoms with Crippen molar-refractivity contribution < 1.29 is 54.1 Å². The van der Waals surface area contributed by atoms with Gasteiger partial charge in [-0.25, -0.2) is 0 Å². The molecular weight excluding hydrogens is 580 g/mol. The van der Waals surface area contributed by atoms with Gasteiger partial charge in [0.2, 0.25) is 22.4 Å². The second-order valence-electron chi connectivity index (χ2n) is 11.0. The number of benzene rings is 4. The maximum atomic E-state index is 13.4. The van der Waals surface area contributed by atoms with E-state index in [1.165, 1.54) is 32.0 Å². The molecule has 3 heterocycles. The normalized spacial score (nSPS) is 16.5. The second kappa shape index (κ2) is 8.84. The molecule has 0 bridgehead atoms. The number of hydrogen-bond donors (Lipinski definition) is 7.